The highest BCUT2D eigenvalue weighted by molar-refractivity contribution is 6.44. The molecule has 3 N–H and O–H groups in total. The molecule has 0 atom stereocenters. The normalized spacial score (nSPS) is 11.3. The number of nitrogens with one attached hydrogen (secondary N) is 2. The number of furan rings is 1. The van der Waals surface area contributed by atoms with E-state index in [1.54, 1.807) is 12.1 Å². The van der Waals surface area contributed by atoms with Crippen molar-refractivity contribution in [3.63, 3.8) is 0 Å². The van der Waals surface area contributed by atoms with Crippen LogP contribution in [0.4, 0.5) is 11.4 Å². The standard InChI is InChI=1S/C21H19ClN2O5/c1-21(2,3)11-4-7-13(8-5-11)23-18(25)19(26)24-16-14-10-12(22)6-9-15(14)29-17(16)20(27)28/h4-10H,1-3H3,(H,23,25)(H,24,26)(H,27,28). The summed E-state index contributed by atoms with van der Waals surface area (Å²) in [6.45, 7) is 6.20. The molecular formula is C21H19ClN2O5. The lowest BCUT2D eigenvalue weighted by Crippen LogP contribution is -2.29. The third-order valence-corrected chi connectivity index (χ3v) is 4.53. The number of aromatic carboxylic acids is 1. The Bertz CT molecular complexity index is 1110. The first-order valence-electron chi connectivity index (χ1n) is 8.74. The third kappa shape index (κ3) is 4.41. The summed E-state index contributed by atoms with van der Waals surface area (Å²) in [6, 6.07) is 11.6. The Morgan fingerprint density at radius 1 is 0.966 bits per heavy atom. The van der Waals surface area contributed by atoms with Gasteiger partial charge in [-0.2, -0.15) is 0 Å². The van der Waals surface area contributed by atoms with E-state index in [2.05, 4.69) is 31.4 Å². The molecule has 1 heterocycles. The monoisotopic (exact) mass is 414 g/mol. The minimum atomic E-state index is -1.38. The van der Waals surface area contributed by atoms with Crippen molar-refractivity contribution in [2.75, 3.05) is 10.6 Å². The Morgan fingerprint density at radius 2 is 1.59 bits per heavy atom. The van der Waals surface area contributed by atoms with Gasteiger partial charge in [-0.25, -0.2) is 4.79 Å². The molecule has 2 amide bonds. The van der Waals surface area contributed by atoms with Crippen LogP contribution in [0.1, 0.15) is 36.9 Å². The first kappa shape index (κ1) is 20.4. The van der Waals surface area contributed by atoms with Gasteiger partial charge in [0.1, 0.15) is 11.3 Å². The van der Waals surface area contributed by atoms with Crippen LogP contribution in [0.15, 0.2) is 46.9 Å². The van der Waals surface area contributed by atoms with Crippen molar-refractivity contribution in [1.82, 2.24) is 0 Å². The van der Waals surface area contributed by atoms with Crippen LogP contribution in [0.5, 0.6) is 0 Å². The summed E-state index contributed by atoms with van der Waals surface area (Å²) in [7, 11) is 0. The maximum Gasteiger partial charge on any atom is 0.374 e. The molecule has 3 rings (SSSR count). The summed E-state index contributed by atoms with van der Waals surface area (Å²) in [6.07, 6.45) is 0. The van der Waals surface area contributed by atoms with Crippen molar-refractivity contribution in [3.8, 4) is 0 Å². The number of hydrogen-bond donors (Lipinski definition) is 3. The molecule has 0 saturated heterocycles. The zero-order valence-electron chi connectivity index (χ0n) is 16.0. The lowest BCUT2D eigenvalue weighted by atomic mass is 9.87. The average molecular weight is 415 g/mol. The molecule has 2 aromatic carbocycles. The molecule has 0 aliphatic heterocycles. The molecule has 29 heavy (non-hydrogen) atoms. The molecule has 150 valence electrons. The molecule has 0 bridgehead atoms. The predicted molar refractivity (Wildman–Crippen MR) is 111 cm³/mol. The first-order valence-corrected chi connectivity index (χ1v) is 9.12. The van der Waals surface area contributed by atoms with Crippen LogP contribution in [0.3, 0.4) is 0 Å². The smallest absolute Gasteiger partial charge is 0.374 e. The van der Waals surface area contributed by atoms with Crippen LogP contribution >= 0.6 is 11.6 Å². The number of carboxylic acids is 1. The SMILES string of the molecule is CC(C)(C)c1ccc(NC(=O)C(=O)Nc2c(C(=O)O)oc3ccc(Cl)cc23)cc1. The number of benzene rings is 2. The minimum Gasteiger partial charge on any atom is -0.475 e. The lowest BCUT2D eigenvalue weighted by molar-refractivity contribution is -0.132. The summed E-state index contributed by atoms with van der Waals surface area (Å²) in [5.74, 6) is -3.85. The van der Waals surface area contributed by atoms with Gasteiger partial charge in [-0.1, -0.05) is 44.5 Å². The van der Waals surface area contributed by atoms with Crippen molar-refractivity contribution >= 4 is 51.7 Å². The number of carbonyl (C=O) groups excluding carboxylic acids is 2. The van der Waals surface area contributed by atoms with Crippen LogP contribution < -0.4 is 10.6 Å². The van der Waals surface area contributed by atoms with E-state index in [1.807, 2.05) is 12.1 Å². The highest BCUT2D eigenvalue weighted by Crippen LogP contribution is 2.33. The van der Waals surface area contributed by atoms with E-state index in [0.29, 0.717) is 10.7 Å². The predicted octanol–water partition coefficient (Wildman–Crippen LogP) is 4.66. The van der Waals surface area contributed by atoms with Gasteiger partial charge in [0, 0.05) is 16.1 Å². The Labute approximate surface area is 171 Å². The van der Waals surface area contributed by atoms with Gasteiger partial charge in [-0.15, -0.1) is 0 Å². The Balaban J connectivity index is 1.81. The maximum absolute atomic E-state index is 12.4. The van der Waals surface area contributed by atoms with Crippen molar-refractivity contribution in [1.29, 1.82) is 0 Å². The Hall–Kier alpha value is -3.32. The third-order valence-electron chi connectivity index (χ3n) is 4.30. The van der Waals surface area contributed by atoms with E-state index in [-0.39, 0.29) is 22.1 Å². The second kappa shape index (κ2) is 7.60. The van der Waals surface area contributed by atoms with Crippen LogP contribution in [0.25, 0.3) is 11.0 Å². The molecule has 7 nitrogen and oxygen atoms in total. The fourth-order valence-electron chi connectivity index (χ4n) is 2.76. The number of carboxylic acid groups (broad SMARTS) is 1. The van der Waals surface area contributed by atoms with Gasteiger partial charge in [-0.05, 0) is 41.3 Å². The quantitative estimate of drug-likeness (QED) is 0.540. The first-order chi connectivity index (χ1) is 13.6. The topological polar surface area (TPSA) is 109 Å². The average Bonchev–Trinajstić information content (AvgIpc) is 2.99. The molecule has 8 heteroatoms. The fourth-order valence-corrected chi connectivity index (χ4v) is 2.93. The number of rotatable bonds is 3. The summed E-state index contributed by atoms with van der Waals surface area (Å²) < 4.78 is 5.25. The van der Waals surface area contributed by atoms with Crippen molar-refractivity contribution in [2.45, 2.75) is 26.2 Å². The van der Waals surface area contributed by atoms with E-state index in [4.69, 9.17) is 16.0 Å². The number of amides is 2. The van der Waals surface area contributed by atoms with Gasteiger partial charge in [0.15, 0.2) is 0 Å². The van der Waals surface area contributed by atoms with E-state index in [0.717, 1.165) is 5.56 Å². The largest absolute Gasteiger partial charge is 0.475 e. The van der Waals surface area contributed by atoms with Crippen molar-refractivity contribution in [2.24, 2.45) is 0 Å². The lowest BCUT2D eigenvalue weighted by Gasteiger charge is -2.19. The molecule has 0 aliphatic carbocycles. The summed E-state index contributed by atoms with van der Waals surface area (Å²) in [5.41, 5.74) is 1.57. The zero-order chi connectivity index (χ0) is 21.3. The minimum absolute atomic E-state index is 0.0449. The number of hydrogen-bond acceptors (Lipinski definition) is 4. The van der Waals surface area contributed by atoms with Gasteiger partial charge in [0.2, 0.25) is 5.76 Å². The highest BCUT2D eigenvalue weighted by atomic mass is 35.5. The molecule has 0 spiro atoms. The molecule has 0 fully saturated rings. The summed E-state index contributed by atoms with van der Waals surface area (Å²) >= 11 is 5.95. The molecule has 0 saturated carbocycles. The van der Waals surface area contributed by atoms with Crippen LogP contribution in [-0.2, 0) is 15.0 Å². The maximum atomic E-state index is 12.4. The van der Waals surface area contributed by atoms with E-state index >= 15 is 0 Å². The van der Waals surface area contributed by atoms with Crippen molar-refractivity contribution in [3.05, 3.63) is 58.8 Å². The zero-order valence-corrected chi connectivity index (χ0v) is 16.8. The van der Waals surface area contributed by atoms with Gasteiger partial charge in [0.05, 0.1) is 0 Å². The highest BCUT2D eigenvalue weighted by Gasteiger charge is 2.24. The van der Waals surface area contributed by atoms with E-state index in [1.165, 1.54) is 18.2 Å². The molecular weight excluding hydrogens is 396 g/mol. The Kier molecular flexibility index (Phi) is 5.35. The van der Waals surface area contributed by atoms with Crippen molar-refractivity contribution < 1.29 is 23.9 Å². The second-order valence-corrected chi connectivity index (χ2v) is 7.92. The van der Waals surface area contributed by atoms with Gasteiger partial charge in [-0.3, -0.25) is 9.59 Å². The summed E-state index contributed by atoms with van der Waals surface area (Å²) in [4.78, 5) is 36.1. The van der Waals surface area contributed by atoms with E-state index in [9.17, 15) is 19.5 Å². The number of carbonyl (C=O) groups is 3. The number of fused-ring (bicyclic) bond motifs is 1. The molecule has 3 aromatic rings. The van der Waals surface area contributed by atoms with Crippen LogP contribution in [0.2, 0.25) is 5.02 Å². The number of halogens is 1. The second-order valence-electron chi connectivity index (χ2n) is 7.49. The Morgan fingerprint density at radius 3 is 2.17 bits per heavy atom. The summed E-state index contributed by atoms with van der Waals surface area (Å²) in [5, 5.41) is 14.7. The van der Waals surface area contributed by atoms with Gasteiger partial charge >= 0.3 is 17.8 Å². The van der Waals surface area contributed by atoms with Gasteiger partial charge < -0.3 is 20.2 Å². The van der Waals surface area contributed by atoms with Crippen LogP contribution in [-0.4, -0.2) is 22.9 Å². The van der Waals surface area contributed by atoms with Gasteiger partial charge in [0.25, 0.3) is 0 Å². The number of anilines is 2. The molecule has 0 radical (unpaired) electrons. The van der Waals surface area contributed by atoms with E-state index < -0.39 is 23.5 Å². The molecule has 0 unspecified atom stereocenters. The molecule has 1 aromatic heterocycles. The molecule has 0 aliphatic rings. The van der Waals surface area contributed by atoms with Crippen LogP contribution in [0, 0.1) is 0 Å². The fraction of sp³-hybridized carbons (Fsp3) is 0.190.